The molecule has 8 nitrogen and oxygen atoms in total. The van der Waals surface area contributed by atoms with Crippen molar-refractivity contribution in [3.8, 4) is 22.8 Å². The number of halogens is 1. The second kappa shape index (κ2) is 10.8. The average Bonchev–Trinajstić information content (AvgIpc) is 3.28. The molecule has 0 bridgehead atoms. The van der Waals surface area contributed by atoms with Crippen molar-refractivity contribution in [1.29, 1.82) is 0 Å². The van der Waals surface area contributed by atoms with Gasteiger partial charge in [0.05, 0.1) is 19.1 Å². The summed E-state index contributed by atoms with van der Waals surface area (Å²) in [5, 5.41) is 13.8. The van der Waals surface area contributed by atoms with Crippen molar-refractivity contribution in [2.24, 2.45) is 5.10 Å². The molecule has 4 aromatic rings. The van der Waals surface area contributed by atoms with Gasteiger partial charge in [-0.3, -0.25) is 14.3 Å². The monoisotopic (exact) mass is 478 g/mol. The van der Waals surface area contributed by atoms with Crippen LogP contribution in [0, 0.1) is 0 Å². The number of ether oxygens (including phenoxy) is 1. The van der Waals surface area contributed by atoms with Crippen LogP contribution in [0.3, 0.4) is 0 Å². The number of hydrogen-bond acceptors (Lipinski definition) is 7. The van der Waals surface area contributed by atoms with E-state index in [0.29, 0.717) is 16.0 Å². The first-order valence-corrected chi connectivity index (χ1v) is 11.2. The van der Waals surface area contributed by atoms with Gasteiger partial charge < -0.3 is 4.74 Å². The highest BCUT2D eigenvalue weighted by atomic mass is 35.5. The summed E-state index contributed by atoms with van der Waals surface area (Å²) in [4.78, 5) is 16.4. The molecule has 0 aliphatic heterocycles. The summed E-state index contributed by atoms with van der Waals surface area (Å²) in [6, 6.07) is 18.4. The van der Waals surface area contributed by atoms with Gasteiger partial charge in [0, 0.05) is 28.7 Å². The SMILES string of the molecule is COc1ccc(/C=N/NC(=O)CSc2nnc(-c3ccncc3)n2-c2ccc(Cl)cc2)cc1. The number of amides is 1. The first kappa shape index (κ1) is 22.5. The molecule has 1 N–H and O–H groups in total. The van der Waals surface area contributed by atoms with Gasteiger partial charge in [0.15, 0.2) is 11.0 Å². The summed E-state index contributed by atoms with van der Waals surface area (Å²) >= 11 is 7.31. The minimum Gasteiger partial charge on any atom is -0.497 e. The van der Waals surface area contributed by atoms with E-state index >= 15 is 0 Å². The fraction of sp³-hybridized carbons (Fsp3) is 0.0870. The maximum absolute atomic E-state index is 12.3. The van der Waals surface area contributed by atoms with Gasteiger partial charge >= 0.3 is 0 Å². The zero-order chi connectivity index (χ0) is 23.0. The Morgan fingerprint density at radius 2 is 1.82 bits per heavy atom. The largest absolute Gasteiger partial charge is 0.497 e. The van der Waals surface area contributed by atoms with Gasteiger partial charge in [0.1, 0.15) is 5.75 Å². The molecule has 0 unspecified atom stereocenters. The Balaban J connectivity index is 1.47. The Hall–Kier alpha value is -3.69. The molecule has 0 aliphatic rings. The lowest BCUT2D eigenvalue weighted by molar-refractivity contribution is -0.118. The van der Waals surface area contributed by atoms with E-state index < -0.39 is 0 Å². The van der Waals surface area contributed by atoms with Gasteiger partial charge in [-0.05, 0) is 66.2 Å². The maximum atomic E-state index is 12.3. The van der Waals surface area contributed by atoms with Crippen LogP contribution >= 0.6 is 23.4 Å². The van der Waals surface area contributed by atoms with Crippen molar-refractivity contribution in [2.45, 2.75) is 5.16 Å². The lowest BCUT2D eigenvalue weighted by Gasteiger charge is -2.10. The molecule has 0 radical (unpaired) electrons. The Labute approximate surface area is 199 Å². The van der Waals surface area contributed by atoms with Crippen molar-refractivity contribution >= 4 is 35.5 Å². The second-order valence-corrected chi connectivity index (χ2v) is 8.09. The summed E-state index contributed by atoms with van der Waals surface area (Å²) in [7, 11) is 1.61. The van der Waals surface area contributed by atoms with Crippen LogP contribution in [0.2, 0.25) is 5.02 Å². The van der Waals surface area contributed by atoms with E-state index in [0.717, 1.165) is 22.6 Å². The Kier molecular flexibility index (Phi) is 7.33. The predicted octanol–water partition coefficient (Wildman–Crippen LogP) is 4.23. The normalized spacial score (nSPS) is 11.0. The van der Waals surface area contributed by atoms with E-state index in [1.165, 1.54) is 11.8 Å². The molecule has 0 spiro atoms. The van der Waals surface area contributed by atoms with Gasteiger partial charge in [-0.15, -0.1) is 10.2 Å². The minimum absolute atomic E-state index is 0.113. The van der Waals surface area contributed by atoms with Gasteiger partial charge in [-0.2, -0.15) is 5.10 Å². The lowest BCUT2D eigenvalue weighted by atomic mass is 10.2. The standard InChI is InChI=1S/C23H19ClN6O2S/c1-32-20-8-2-16(3-9-20)14-26-27-21(31)15-33-23-29-28-22(17-10-12-25-13-11-17)30(23)19-6-4-18(24)5-7-19/h2-14H,15H2,1H3,(H,27,31)/b26-14+. The molecule has 1 amide bonds. The predicted molar refractivity (Wildman–Crippen MR) is 129 cm³/mol. The van der Waals surface area contributed by atoms with E-state index in [2.05, 4.69) is 25.7 Å². The van der Waals surface area contributed by atoms with E-state index in [1.54, 1.807) is 37.9 Å². The van der Waals surface area contributed by atoms with Crippen molar-refractivity contribution in [1.82, 2.24) is 25.2 Å². The number of rotatable bonds is 8. The van der Waals surface area contributed by atoms with Crippen LogP contribution in [0.25, 0.3) is 17.1 Å². The van der Waals surface area contributed by atoms with Crippen LogP contribution in [0.5, 0.6) is 5.75 Å². The number of methoxy groups -OCH3 is 1. The number of carbonyl (C=O) groups is 1. The molecule has 2 aromatic heterocycles. The molecular weight excluding hydrogens is 460 g/mol. The molecule has 0 saturated carbocycles. The maximum Gasteiger partial charge on any atom is 0.250 e. The van der Waals surface area contributed by atoms with Crippen molar-refractivity contribution < 1.29 is 9.53 Å². The number of aromatic nitrogens is 4. The molecular formula is C23H19ClN6O2S. The zero-order valence-corrected chi connectivity index (χ0v) is 19.1. The molecule has 2 heterocycles. The molecule has 166 valence electrons. The summed E-state index contributed by atoms with van der Waals surface area (Å²) in [6.07, 6.45) is 4.95. The lowest BCUT2D eigenvalue weighted by Crippen LogP contribution is -2.20. The summed E-state index contributed by atoms with van der Waals surface area (Å²) < 4.78 is 7.00. The minimum atomic E-state index is -0.263. The highest BCUT2D eigenvalue weighted by Gasteiger charge is 2.17. The van der Waals surface area contributed by atoms with E-state index in [-0.39, 0.29) is 11.7 Å². The first-order chi connectivity index (χ1) is 16.1. The number of pyridine rings is 1. The number of benzene rings is 2. The van der Waals surface area contributed by atoms with E-state index in [4.69, 9.17) is 16.3 Å². The summed E-state index contributed by atoms with van der Waals surface area (Å²) in [5.41, 5.74) is 5.06. The highest BCUT2D eigenvalue weighted by molar-refractivity contribution is 7.99. The number of carbonyl (C=O) groups excluding carboxylic acids is 1. The molecule has 0 saturated heterocycles. The van der Waals surface area contributed by atoms with Crippen LogP contribution in [0.4, 0.5) is 0 Å². The fourth-order valence-electron chi connectivity index (χ4n) is 2.91. The first-order valence-electron chi connectivity index (χ1n) is 9.84. The Morgan fingerprint density at radius 1 is 1.09 bits per heavy atom. The van der Waals surface area contributed by atoms with E-state index in [9.17, 15) is 4.79 Å². The summed E-state index contributed by atoms with van der Waals surface area (Å²) in [5.74, 6) is 1.24. The number of nitrogens with zero attached hydrogens (tertiary/aromatic N) is 5. The molecule has 0 atom stereocenters. The van der Waals surface area contributed by atoms with Crippen LogP contribution in [-0.4, -0.2) is 44.7 Å². The third-order valence-corrected chi connectivity index (χ3v) is 5.69. The Bertz CT molecular complexity index is 1240. The number of thioether (sulfide) groups is 1. The number of hydrogen-bond donors (Lipinski definition) is 1. The van der Waals surface area contributed by atoms with Gasteiger partial charge in [0.2, 0.25) is 0 Å². The fourth-order valence-corrected chi connectivity index (χ4v) is 3.78. The highest BCUT2D eigenvalue weighted by Crippen LogP contribution is 2.28. The van der Waals surface area contributed by atoms with Crippen LogP contribution < -0.4 is 10.2 Å². The third-order valence-electron chi connectivity index (χ3n) is 4.51. The van der Waals surface area contributed by atoms with Gasteiger partial charge in [-0.1, -0.05) is 23.4 Å². The average molecular weight is 479 g/mol. The van der Waals surface area contributed by atoms with E-state index in [1.807, 2.05) is 53.1 Å². The van der Waals surface area contributed by atoms with Crippen molar-refractivity contribution in [3.63, 3.8) is 0 Å². The third kappa shape index (κ3) is 5.76. The van der Waals surface area contributed by atoms with Crippen LogP contribution in [0.15, 0.2) is 83.3 Å². The second-order valence-electron chi connectivity index (χ2n) is 6.71. The molecule has 33 heavy (non-hydrogen) atoms. The smallest absolute Gasteiger partial charge is 0.250 e. The van der Waals surface area contributed by atoms with Crippen molar-refractivity contribution in [2.75, 3.05) is 12.9 Å². The number of hydrazone groups is 1. The summed E-state index contributed by atoms with van der Waals surface area (Å²) in [6.45, 7) is 0. The van der Waals surface area contributed by atoms with Crippen LogP contribution in [-0.2, 0) is 4.79 Å². The molecule has 2 aromatic carbocycles. The van der Waals surface area contributed by atoms with Gasteiger partial charge in [-0.25, -0.2) is 5.43 Å². The molecule has 10 heteroatoms. The molecule has 0 fully saturated rings. The van der Waals surface area contributed by atoms with Gasteiger partial charge in [0.25, 0.3) is 5.91 Å². The van der Waals surface area contributed by atoms with Crippen LogP contribution in [0.1, 0.15) is 5.56 Å². The zero-order valence-electron chi connectivity index (χ0n) is 17.6. The topological polar surface area (TPSA) is 94.3 Å². The molecule has 0 aliphatic carbocycles. The quantitative estimate of drug-likeness (QED) is 0.231. The molecule has 4 rings (SSSR count). The number of nitrogens with one attached hydrogen (secondary N) is 1. The van der Waals surface area contributed by atoms with Crippen molar-refractivity contribution in [3.05, 3.63) is 83.6 Å². The Morgan fingerprint density at radius 3 is 2.52 bits per heavy atom.